The third-order valence-corrected chi connectivity index (χ3v) is 4.95. The summed E-state index contributed by atoms with van der Waals surface area (Å²) in [6, 6.07) is 19.4. The maximum Gasteiger partial charge on any atom is 0.338 e. The van der Waals surface area contributed by atoms with Crippen molar-refractivity contribution < 1.29 is 26.6 Å². The number of para-hydroxylation sites is 2. The van der Waals surface area contributed by atoms with E-state index in [2.05, 4.69) is 18.8 Å². The Hall–Kier alpha value is -2.74. The van der Waals surface area contributed by atoms with E-state index in [0.29, 0.717) is 41.1 Å². The Bertz CT molecular complexity index is 892. The third-order valence-electron chi connectivity index (χ3n) is 4.95. The molecule has 1 fully saturated rings. The Morgan fingerprint density at radius 2 is 1.29 bits per heavy atom. The van der Waals surface area contributed by atoms with E-state index in [9.17, 15) is 0 Å². The molecule has 0 bridgehead atoms. The van der Waals surface area contributed by atoms with Crippen LogP contribution >= 0.6 is 0 Å². The zero-order chi connectivity index (χ0) is 20.8. The predicted molar refractivity (Wildman–Crippen MR) is 115 cm³/mol. The van der Waals surface area contributed by atoms with E-state index in [1.165, 1.54) is 0 Å². The van der Waals surface area contributed by atoms with Crippen LogP contribution in [0.1, 0.15) is 13.8 Å². The first-order chi connectivity index (χ1) is 14.6. The van der Waals surface area contributed by atoms with E-state index in [1.807, 2.05) is 60.7 Å². The molecule has 1 aromatic heterocycles. The topological polar surface area (TPSA) is 66.4 Å². The molecule has 0 amide bonds. The number of aromatic nitrogens is 3. The maximum atomic E-state index is 5.95. The highest BCUT2D eigenvalue weighted by molar-refractivity contribution is 5.33. The Morgan fingerprint density at radius 3 is 1.74 bits per heavy atom. The van der Waals surface area contributed by atoms with Crippen LogP contribution in [-0.2, 0) is 4.74 Å². The highest BCUT2D eigenvalue weighted by Crippen LogP contribution is 2.29. The molecule has 0 N–H and O–H groups in total. The molecule has 0 saturated carbocycles. The predicted octanol–water partition coefficient (Wildman–Crippen LogP) is 1.45. The molecule has 8 heteroatoms. The van der Waals surface area contributed by atoms with E-state index in [4.69, 9.17) is 24.2 Å². The monoisotopic (exact) mass is 442 g/mol. The van der Waals surface area contributed by atoms with Crippen molar-refractivity contribution in [2.24, 2.45) is 5.92 Å². The lowest BCUT2D eigenvalue weighted by atomic mass is 10.1. The van der Waals surface area contributed by atoms with Crippen LogP contribution in [-0.4, -0.2) is 47.8 Å². The second kappa shape index (κ2) is 10.5. The maximum absolute atomic E-state index is 5.95. The average molecular weight is 443 g/mol. The summed E-state index contributed by atoms with van der Waals surface area (Å²) < 4.78 is 18.2. The molecule has 4 rings (SSSR count). The average Bonchev–Trinajstić information content (AvgIpc) is 2.75. The number of quaternary nitrogens is 1. The first-order valence-electron chi connectivity index (χ1n) is 10.3. The molecule has 1 saturated heterocycles. The Kier molecular flexibility index (Phi) is 7.79. The van der Waals surface area contributed by atoms with E-state index in [-0.39, 0.29) is 24.4 Å². The van der Waals surface area contributed by atoms with E-state index in [0.717, 1.165) is 19.6 Å². The summed E-state index contributed by atoms with van der Waals surface area (Å²) in [6.07, 6.45) is 0. The van der Waals surface area contributed by atoms with Crippen LogP contribution < -0.4 is 26.4 Å². The number of halogens is 1. The standard InChI is InChI=1S/C23H27N4O3.ClH/c1-18(2)17-27(13-15-28-16-14-27)21-24-22(29-19-9-5-3-6-10-19)26-23(25-21)30-20-11-7-4-8-12-20;/h3-12,18H,13-17H2,1-2H3;1H/q+1;/p-1. The summed E-state index contributed by atoms with van der Waals surface area (Å²) >= 11 is 0. The summed E-state index contributed by atoms with van der Waals surface area (Å²) in [5, 5.41) is 0. The van der Waals surface area contributed by atoms with Gasteiger partial charge in [-0.2, -0.15) is 0 Å². The van der Waals surface area contributed by atoms with Gasteiger partial charge in [-0.3, -0.25) is 4.48 Å². The van der Waals surface area contributed by atoms with Gasteiger partial charge in [-0.05, 0) is 24.3 Å². The van der Waals surface area contributed by atoms with Gasteiger partial charge in [0.1, 0.15) is 24.6 Å². The third kappa shape index (κ3) is 5.91. The van der Waals surface area contributed by atoms with Gasteiger partial charge in [0.15, 0.2) is 0 Å². The van der Waals surface area contributed by atoms with Gasteiger partial charge in [-0.1, -0.05) is 50.2 Å². The van der Waals surface area contributed by atoms with Crippen LogP contribution in [0.5, 0.6) is 23.5 Å². The van der Waals surface area contributed by atoms with Crippen LogP contribution in [0, 0.1) is 5.92 Å². The Labute approximate surface area is 189 Å². The van der Waals surface area contributed by atoms with Gasteiger partial charge < -0.3 is 26.6 Å². The zero-order valence-corrected chi connectivity index (χ0v) is 18.5. The van der Waals surface area contributed by atoms with Crippen molar-refractivity contribution in [2.45, 2.75) is 13.8 Å². The summed E-state index contributed by atoms with van der Waals surface area (Å²) in [5.74, 6) is 2.45. The van der Waals surface area contributed by atoms with Crippen LogP contribution in [0.15, 0.2) is 60.7 Å². The van der Waals surface area contributed by atoms with Crippen molar-refractivity contribution in [3.63, 3.8) is 0 Å². The molecule has 31 heavy (non-hydrogen) atoms. The number of ether oxygens (including phenoxy) is 3. The Balaban J connectivity index is 0.00000272. The van der Waals surface area contributed by atoms with Crippen LogP contribution in [0.3, 0.4) is 0 Å². The molecule has 2 aromatic carbocycles. The quantitative estimate of drug-likeness (QED) is 0.516. The number of benzene rings is 2. The number of morpholine rings is 1. The van der Waals surface area contributed by atoms with Gasteiger partial charge in [0, 0.05) is 5.92 Å². The zero-order valence-electron chi connectivity index (χ0n) is 17.8. The number of rotatable bonds is 7. The fourth-order valence-corrected chi connectivity index (χ4v) is 3.67. The van der Waals surface area contributed by atoms with Crippen molar-refractivity contribution >= 4 is 5.95 Å². The van der Waals surface area contributed by atoms with Gasteiger partial charge in [0.05, 0.1) is 19.8 Å². The molecule has 1 aliphatic rings. The van der Waals surface area contributed by atoms with Gasteiger partial charge in [-0.25, -0.2) is 0 Å². The van der Waals surface area contributed by atoms with E-state index < -0.39 is 0 Å². The van der Waals surface area contributed by atoms with Crippen molar-refractivity contribution in [3.05, 3.63) is 60.7 Å². The fraction of sp³-hybridized carbons (Fsp3) is 0.348. The summed E-state index contributed by atoms with van der Waals surface area (Å²) in [4.78, 5) is 13.8. The number of hydrogen-bond acceptors (Lipinski definition) is 6. The van der Waals surface area contributed by atoms with E-state index >= 15 is 0 Å². The smallest absolute Gasteiger partial charge is 0.338 e. The van der Waals surface area contributed by atoms with E-state index in [1.54, 1.807) is 0 Å². The van der Waals surface area contributed by atoms with Crippen molar-refractivity contribution in [3.8, 4) is 23.5 Å². The lowest BCUT2D eigenvalue weighted by molar-refractivity contribution is -0.0000105. The Morgan fingerprint density at radius 1 is 0.806 bits per heavy atom. The molecule has 2 heterocycles. The molecule has 0 unspecified atom stereocenters. The first kappa shape index (κ1) is 22.9. The van der Waals surface area contributed by atoms with Gasteiger partial charge in [0.25, 0.3) is 0 Å². The van der Waals surface area contributed by atoms with Crippen LogP contribution in [0.25, 0.3) is 0 Å². The molecule has 7 nitrogen and oxygen atoms in total. The molecular weight excluding hydrogens is 416 g/mol. The van der Waals surface area contributed by atoms with Crippen molar-refractivity contribution in [1.82, 2.24) is 19.4 Å². The molecule has 0 aliphatic carbocycles. The second-order valence-electron chi connectivity index (χ2n) is 7.81. The van der Waals surface area contributed by atoms with Gasteiger partial charge in [-0.15, -0.1) is 15.0 Å². The molecule has 164 valence electrons. The van der Waals surface area contributed by atoms with Gasteiger partial charge >= 0.3 is 18.0 Å². The molecule has 3 aromatic rings. The number of nitrogens with zero attached hydrogens (tertiary/aromatic N) is 4. The fourth-order valence-electron chi connectivity index (χ4n) is 3.67. The summed E-state index contributed by atoms with van der Waals surface area (Å²) in [7, 11) is 0. The summed E-state index contributed by atoms with van der Waals surface area (Å²) in [5.41, 5.74) is 0. The lowest BCUT2D eigenvalue weighted by Crippen LogP contribution is -3.00. The highest BCUT2D eigenvalue weighted by Gasteiger charge is 2.38. The minimum atomic E-state index is 0. The largest absolute Gasteiger partial charge is 1.00 e. The normalized spacial score (nSPS) is 15.2. The molecular formula is C23H27ClN4O3. The van der Waals surface area contributed by atoms with Crippen molar-refractivity contribution in [2.75, 3.05) is 32.8 Å². The van der Waals surface area contributed by atoms with Crippen molar-refractivity contribution in [1.29, 1.82) is 0 Å². The van der Waals surface area contributed by atoms with Crippen LogP contribution in [0.2, 0.25) is 0 Å². The minimum absolute atomic E-state index is 0. The molecule has 1 aliphatic heterocycles. The van der Waals surface area contributed by atoms with Crippen LogP contribution in [0.4, 0.5) is 5.95 Å². The second-order valence-corrected chi connectivity index (χ2v) is 7.81. The minimum Gasteiger partial charge on any atom is -1.00 e. The SMILES string of the molecule is CC(C)C[N+]1(c2nc(Oc3ccccc3)nc(Oc3ccccc3)n2)CCOCC1.[Cl-]. The first-order valence-corrected chi connectivity index (χ1v) is 10.3. The molecule has 0 atom stereocenters. The summed E-state index contributed by atoms with van der Waals surface area (Å²) in [6.45, 7) is 8.27. The van der Waals surface area contributed by atoms with Gasteiger partial charge in [0.2, 0.25) is 0 Å². The molecule has 0 radical (unpaired) electrons. The number of hydrogen-bond donors (Lipinski definition) is 0. The highest BCUT2D eigenvalue weighted by atomic mass is 35.5. The molecule has 0 spiro atoms. The lowest BCUT2D eigenvalue weighted by Gasteiger charge is -2.39.